The van der Waals surface area contributed by atoms with Crippen LogP contribution in [0.3, 0.4) is 0 Å². The summed E-state index contributed by atoms with van der Waals surface area (Å²) in [7, 11) is -1.68. The van der Waals surface area contributed by atoms with E-state index in [4.69, 9.17) is 14.7 Å². The molecule has 0 N–H and O–H groups in total. The van der Waals surface area contributed by atoms with Crippen LogP contribution in [0.15, 0.2) is 29.2 Å². The zero-order valence-electron chi connectivity index (χ0n) is 19.6. The molecule has 3 heterocycles. The molecular weight excluding hydrogens is 457 g/mol. The highest BCUT2D eigenvalue weighted by atomic mass is 32.2. The molecule has 184 valence electrons. The molecule has 1 saturated carbocycles. The summed E-state index contributed by atoms with van der Waals surface area (Å²) in [5.74, 6) is 1.08. The molecule has 0 bridgehead atoms. The molecule has 10 heteroatoms. The molecule has 3 aliphatic rings. The van der Waals surface area contributed by atoms with Crippen molar-refractivity contribution in [1.29, 1.82) is 0 Å². The fourth-order valence-corrected chi connectivity index (χ4v) is 6.55. The first-order valence-corrected chi connectivity index (χ1v) is 13.6. The molecule has 0 radical (unpaired) electrons. The van der Waals surface area contributed by atoms with E-state index >= 15 is 0 Å². The number of hydrogen-bond acceptors (Lipinski definition) is 7. The minimum atomic E-state index is -3.76. The van der Waals surface area contributed by atoms with Gasteiger partial charge in [0.1, 0.15) is 11.6 Å². The van der Waals surface area contributed by atoms with Gasteiger partial charge in [0.2, 0.25) is 16.0 Å². The Morgan fingerprint density at radius 1 is 1.03 bits per heavy atom. The smallest absolute Gasteiger partial charge is 0.243 e. The first-order valence-electron chi connectivity index (χ1n) is 12.1. The van der Waals surface area contributed by atoms with Crippen LogP contribution in [0.25, 0.3) is 0 Å². The molecule has 34 heavy (non-hydrogen) atoms. The molecule has 0 atom stereocenters. The van der Waals surface area contributed by atoms with Crippen molar-refractivity contribution in [1.82, 2.24) is 14.3 Å². The Labute approximate surface area is 200 Å². The lowest BCUT2D eigenvalue weighted by Gasteiger charge is -2.36. The molecule has 1 aromatic heterocycles. The van der Waals surface area contributed by atoms with Crippen molar-refractivity contribution >= 4 is 21.8 Å². The second-order valence-electron chi connectivity index (χ2n) is 9.32. The molecular formula is C24H32FN5O3S. The van der Waals surface area contributed by atoms with Gasteiger partial charge in [-0.3, -0.25) is 0 Å². The number of aromatic nitrogens is 2. The zero-order chi connectivity index (χ0) is 23.7. The Kier molecular flexibility index (Phi) is 6.72. The van der Waals surface area contributed by atoms with E-state index in [2.05, 4.69) is 16.8 Å². The number of ether oxygens (including phenoxy) is 1. The molecule has 5 rings (SSSR count). The highest BCUT2D eigenvalue weighted by Gasteiger charge is 2.33. The normalized spacial score (nSPS) is 20.2. The van der Waals surface area contributed by atoms with E-state index in [0.29, 0.717) is 45.3 Å². The SMILES string of the molecule is CN(c1nc2c(c(N3CCOCC3)n1)CN(S(=O)(=O)c1ccc(F)cc1)CC2)C1CCCCC1. The predicted molar refractivity (Wildman–Crippen MR) is 128 cm³/mol. The topological polar surface area (TPSA) is 78.9 Å². The van der Waals surface area contributed by atoms with E-state index in [1.54, 1.807) is 0 Å². The monoisotopic (exact) mass is 489 g/mol. The second kappa shape index (κ2) is 9.75. The Hall–Kier alpha value is -2.30. The van der Waals surface area contributed by atoms with Crippen molar-refractivity contribution < 1.29 is 17.5 Å². The van der Waals surface area contributed by atoms with E-state index < -0.39 is 15.8 Å². The van der Waals surface area contributed by atoms with Crippen LogP contribution >= 0.6 is 0 Å². The number of benzene rings is 1. The maximum absolute atomic E-state index is 13.4. The van der Waals surface area contributed by atoms with Gasteiger partial charge in [0.15, 0.2) is 0 Å². The van der Waals surface area contributed by atoms with Gasteiger partial charge < -0.3 is 14.5 Å². The number of halogens is 1. The van der Waals surface area contributed by atoms with Gasteiger partial charge in [0.05, 0.1) is 23.8 Å². The summed E-state index contributed by atoms with van der Waals surface area (Å²) in [5, 5.41) is 0. The Morgan fingerprint density at radius 2 is 1.74 bits per heavy atom. The Bertz CT molecular complexity index is 1120. The first kappa shape index (κ1) is 23.4. The van der Waals surface area contributed by atoms with Gasteiger partial charge in [-0.1, -0.05) is 19.3 Å². The van der Waals surface area contributed by atoms with Gasteiger partial charge in [-0.15, -0.1) is 0 Å². The van der Waals surface area contributed by atoms with Crippen molar-refractivity contribution in [2.45, 2.75) is 56.0 Å². The lowest BCUT2D eigenvalue weighted by atomic mass is 9.95. The number of nitrogens with zero attached hydrogens (tertiary/aromatic N) is 5. The molecule has 0 unspecified atom stereocenters. The molecule has 1 saturated heterocycles. The van der Waals surface area contributed by atoms with Crippen LogP contribution in [0.5, 0.6) is 0 Å². The number of sulfonamides is 1. The van der Waals surface area contributed by atoms with E-state index in [1.807, 2.05) is 0 Å². The number of rotatable bonds is 5. The third-order valence-electron chi connectivity index (χ3n) is 7.19. The van der Waals surface area contributed by atoms with Crippen LogP contribution in [0.2, 0.25) is 0 Å². The van der Waals surface area contributed by atoms with Crippen molar-refractivity contribution in [3.63, 3.8) is 0 Å². The zero-order valence-corrected chi connectivity index (χ0v) is 20.4. The van der Waals surface area contributed by atoms with Crippen molar-refractivity contribution in [3.05, 3.63) is 41.3 Å². The van der Waals surface area contributed by atoms with Crippen LogP contribution in [-0.2, 0) is 27.7 Å². The van der Waals surface area contributed by atoms with Gasteiger partial charge in [-0.25, -0.2) is 17.8 Å². The maximum Gasteiger partial charge on any atom is 0.243 e. The lowest BCUT2D eigenvalue weighted by Crippen LogP contribution is -2.42. The van der Waals surface area contributed by atoms with Crippen LogP contribution in [0.4, 0.5) is 16.2 Å². The summed E-state index contributed by atoms with van der Waals surface area (Å²) < 4.78 is 47.0. The van der Waals surface area contributed by atoms with Gasteiger partial charge in [0.25, 0.3) is 0 Å². The van der Waals surface area contributed by atoms with Crippen LogP contribution in [0.1, 0.15) is 43.4 Å². The fourth-order valence-electron chi connectivity index (χ4n) is 5.15. The molecule has 2 aromatic rings. The molecule has 0 amide bonds. The van der Waals surface area contributed by atoms with Gasteiger partial charge in [-0.05, 0) is 37.1 Å². The summed E-state index contributed by atoms with van der Waals surface area (Å²) in [6, 6.07) is 5.44. The number of morpholine rings is 1. The standard InChI is InChI=1S/C24H32FN5O3S/c1-28(19-5-3-2-4-6-19)24-26-22-11-12-30(34(31,32)20-9-7-18(25)8-10-20)17-21(22)23(27-24)29-13-15-33-16-14-29/h7-10,19H,2-6,11-17H2,1H3. The number of hydrogen-bond donors (Lipinski definition) is 0. The minimum absolute atomic E-state index is 0.0971. The third kappa shape index (κ3) is 4.63. The lowest BCUT2D eigenvalue weighted by molar-refractivity contribution is 0.122. The summed E-state index contributed by atoms with van der Waals surface area (Å²) in [6.45, 7) is 3.18. The molecule has 1 aromatic carbocycles. The van der Waals surface area contributed by atoms with Crippen LogP contribution < -0.4 is 9.80 Å². The van der Waals surface area contributed by atoms with Crippen molar-refractivity contribution in [3.8, 4) is 0 Å². The van der Waals surface area contributed by atoms with Gasteiger partial charge in [0, 0.05) is 51.3 Å². The average molecular weight is 490 g/mol. The van der Waals surface area contributed by atoms with Gasteiger partial charge >= 0.3 is 0 Å². The minimum Gasteiger partial charge on any atom is -0.378 e. The second-order valence-corrected chi connectivity index (χ2v) is 11.3. The van der Waals surface area contributed by atoms with Crippen molar-refractivity contribution in [2.24, 2.45) is 0 Å². The van der Waals surface area contributed by atoms with Crippen molar-refractivity contribution in [2.75, 3.05) is 49.7 Å². The van der Waals surface area contributed by atoms with E-state index in [-0.39, 0.29) is 11.4 Å². The Morgan fingerprint density at radius 3 is 2.44 bits per heavy atom. The van der Waals surface area contributed by atoms with E-state index in [1.165, 1.54) is 47.8 Å². The summed E-state index contributed by atoms with van der Waals surface area (Å²) in [4.78, 5) is 14.4. The van der Waals surface area contributed by atoms with E-state index in [9.17, 15) is 12.8 Å². The summed E-state index contributed by atoms with van der Waals surface area (Å²) in [5.41, 5.74) is 1.78. The first-order chi connectivity index (χ1) is 16.4. The quantitative estimate of drug-likeness (QED) is 0.639. The third-order valence-corrected chi connectivity index (χ3v) is 9.05. The fraction of sp³-hybridized carbons (Fsp3) is 0.583. The molecule has 2 fully saturated rings. The largest absolute Gasteiger partial charge is 0.378 e. The van der Waals surface area contributed by atoms with Crippen LogP contribution in [-0.4, -0.2) is 68.6 Å². The van der Waals surface area contributed by atoms with Gasteiger partial charge in [-0.2, -0.15) is 9.29 Å². The summed E-state index contributed by atoms with van der Waals surface area (Å²) in [6.07, 6.45) is 6.55. The molecule has 8 nitrogen and oxygen atoms in total. The number of anilines is 2. The highest BCUT2D eigenvalue weighted by molar-refractivity contribution is 7.89. The maximum atomic E-state index is 13.4. The molecule has 2 aliphatic heterocycles. The summed E-state index contributed by atoms with van der Waals surface area (Å²) >= 11 is 0. The molecule has 1 aliphatic carbocycles. The average Bonchev–Trinajstić information content (AvgIpc) is 2.88. The number of fused-ring (bicyclic) bond motifs is 1. The van der Waals surface area contributed by atoms with E-state index in [0.717, 1.165) is 35.9 Å². The molecule has 0 spiro atoms. The van der Waals surface area contributed by atoms with Crippen LogP contribution in [0, 0.1) is 5.82 Å². The Balaban J connectivity index is 1.49. The predicted octanol–water partition coefficient (Wildman–Crippen LogP) is 2.97. The highest BCUT2D eigenvalue weighted by Crippen LogP contribution is 2.33.